The average Bonchev–Trinajstić information content (AvgIpc) is 3.10. The van der Waals surface area contributed by atoms with Crippen molar-refractivity contribution in [2.24, 2.45) is 0 Å². The van der Waals surface area contributed by atoms with Gasteiger partial charge in [-0.15, -0.1) is 5.10 Å². The standard InChI is InChI=1S/C15H13N5O2/c16-9-13-17-10-19(18-13)7-3-4-8-20-14(21)11-5-1-2-6-12(11)15(20)22/h1-2,5-6,10H,3-4,7-8H2. The highest BCUT2D eigenvalue weighted by Crippen LogP contribution is 2.22. The van der Waals surface area contributed by atoms with Gasteiger partial charge in [-0.2, -0.15) is 5.26 Å². The first-order chi connectivity index (χ1) is 10.7. The third-order valence-corrected chi connectivity index (χ3v) is 3.53. The largest absolute Gasteiger partial charge is 0.274 e. The molecule has 0 fully saturated rings. The van der Waals surface area contributed by atoms with E-state index in [0.29, 0.717) is 30.6 Å². The number of hydrogen-bond acceptors (Lipinski definition) is 5. The molecule has 0 N–H and O–H groups in total. The number of benzene rings is 1. The number of amides is 2. The summed E-state index contributed by atoms with van der Waals surface area (Å²) in [5.74, 6) is -0.318. The van der Waals surface area contributed by atoms with Crippen LogP contribution in [0.1, 0.15) is 39.4 Å². The van der Waals surface area contributed by atoms with Gasteiger partial charge in [0.15, 0.2) is 0 Å². The normalized spacial score (nSPS) is 13.3. The number of rotatable bonds is 5. The molecule has 0 saturated heterocycles. The zero-order valence-corrected chi connectivity index (χ0v) is 11.8. The second-order valence-electron chi connectivity index (χ2n) is 4.96. The van der Waals surface area contributed by atoms with Crippen molar-refractivity contribution in [1.82, 2.24) is 19.7 Å². The second-order valence-corrected chi connectivity index (χ2v) is 4.96. The highest BCUT2D eigenvalue weighted by atomic mass is 16.2. The SMILES string of the molecule is N#Cc1ncn(CCCCN2C(=O)c3ccccc3C2=O)n1. The fraction of sp³-hybridized carbons (Fsp3) is 0.267. The second kappa shape index (κ2) is 5.77. The Bertz CT molecular complexity index is 739. The molecule has 3 rings (SSSR count). The number of nitriles is 1. The Morgan fingerprint density at radius 2 is 1.68 bits per heavy atom. The van der Waals surface area contributed by atoms with Crippen LogP contribution in [0.4, 0.5) is 0 Å². The Morgan fingerprint density at radius 1 is 1.05 bits per heavy atom. The van der Waals surface area contributed by atoms with Gasteiger partial charge in [0.2, 0.25) is 0 Å². The van der Waals surface area contributed by atoms with E-state index in [2.05, 4.69) is 10.1 Å². The molecule has 2 aromatic rings. The lowest BCUT2D eigenvalue weighted by Crippen LogP contribution is -2.30. The Hall–Kier alpha value is -3.01. The Kier molecular flexibility index (Phi) is 3.66. The van der Waals surface area contributed by atoms with E-state index >= 15 is 0 Å². The number of nitrogens with zero attached hydrogens (tertiary/aromatic N) is 5. The van der Waals surface area contributed by atoms with Crippen molar-refractivity contribution < 1.29 is 9.59 Å². The van der Waals surface area contributed by atoms with E-state index in [1.165, 1.54) is 11.2 Å². The Balaban J connectivity index is 1.54. The number of unbranched alkanes of at least 4 members (excludes halogenated alkanes) is 1. The smallest absolute Gasteiger partial charge is 0.261 e. The number of aryl methyl sites for hydroxylation is 1. The van der Waals surface area contributed by atoms with Gasteiger partial charge in [0, 0.05) is 13.1 Å². The minimum atomic E-state index is -0.229. The van der Waals surface area contributed by atoms with E-state index in [1.54, 1.807) is 28.9 Å². The summed E-state index contributed by atoms with van der Waals surface area (Å²) in [6, 6.07) is 8.72. The first-order valence-electron chi connectivity index (χ1n) is 6.95. The van der Waals surface area contributed by atoms with Crippen molar-refractivity contribution in [3.63, 3.8) is 0 Å². The molecule has 0 aliphatic carbocycles. The van der Waals surface area contributed by atoms with E-state index in [4.69, 9.17) is 5.26 Å². The van der Waals surface area contributed by atoms with E-state index in [-0.39, 0.29) is 17.6 Å². The molecule has 2 heterocycles. The van der Waals surface area contributed by atoms with Gasteiger partial charge in [0.1, 0.15) is 12.4 Å². The number of aromatic nitrogens is 3. The maximum Gasteiger partial charge on any atom is 0.261 e. The lowest BCUT2D eigenvalue weighted by molar-refractivity contribution is 0.0651. The van der Waals surface area contributed by atoms with Crippen molar-refractivity contribution in [3.05, 3.63) is 47.5 Å². The quantitative estimate of drug-likeness (QED) is 0.611. The molecule has 0 spiro atoms. The first kappa shape index (κ1) is 13.9. The summed E-state index contributed by atoms with van der Waals surface area (Å²) in [6.07, 6.45) is 2.91. The molecule has 0 atom stereocenters. The maximum absolute atomic E-state index is 12.2. The van der Waals surface area contributed by atoms with Crippen LogP contribution in [0.2, 0.25) is 0 Å². The van der Waals surface area contributed by atoms with E-state index in [0.717, 1.165) is 6.42 Å². The summed E-state index contributed by atoms with van der Waals surface area (Å²) < 4.78 is 1.58. The van der Waals surface area contributed by atoms with Gasteiger partial charge >= 0.3 is 0 Å². The van der Waals surface area contributed by atoms with Crippen molar-refractivity contribution >= 4 is 11.8 Å². The summed E-state index contributed by atoms with van der Waals surface area (Å²) >= 11 is 0. The van der Waals surface area contributed by atoms with Crippen LogP contribution in [-0.2, 0) is 6.54 Å². The van der Waals surface area contributed by atoms with Crippen molar-refractivity contribution in [3.8, 4) is 6.07 Å². The molecule has 1 aliphatic heterocycles. The predicted molar refractivity (Wildman–Crippen MR) is 75.8 cm³/mol. The molecular weight excluding hydrogens is 282 g/mol. The zero-order chi connectivity index (χ0) is 15.5. The minimum Gasteiger partial charge on any atom is -0.274 e. The molecule has 1 aromatic heterocycles. The summed E-state index contributed by atoms with van der Waals surface area (Å²) in [5, 5.41) is 12.6. The average molecular weight is 295 g/mol. The van der Waals surface area contributed by atoms with Gasteiger partial charge in [-0.1, -0.05) is 12.1 Å². The molecule has 1 aromatic carbocycles. The van der Waals surface area contributed by atoms with Gasteiger partial charge < -0.3 is 0 Å². The van der Waals surface area contributed by atoms with E-state index in [9.17, 15) is 9.59 Å². The van der Waals surface area contributed by atoms with Crippen LogP contribution < -0.4 is 0 Å². The summed E-state index contributed by atoms with van der Waals surface area (Å²) in [4.78, 5) is 29.4. The number of carbonyl (C=O) groups is 2. The Morgan fingerprint density at radius 3 is 2.27 bits per heavy atom. The molecular formula is C15H13N5O2. The van der Waals surface area contributed by atoms with Crippen molar-refractivity contribution in [2.45, 2.75) is 19.4 Å². The molecule has 0 saturated carbocycles. The van der Waals surface area contributed by atoms with Crippen LogP contribution in [0, 0.1) is 11.3 Å². The van der Waals surface area contributed by atoms with E-state index in [1.807, 2.05) is 6.07 Å². The van der Waals surface area contributed by atoms with Crippen LogP contribution in [0.25, 0.3) is 0 Å². The van der Waals surface area contributed by atoms with Crippen LogP contribution in [-0.4, -0.2) is 38.0 Å². The summed E-state index contributed by atoms with van der Waals surface area (Å²) in [5.41, 5.74) is 0.949. The number of carbonyl (C=O) groups excluding carboxylic acids is 2. The Labute approximate surface area is 126 Å². The topological polar surface area (TPSA) is 91.9 Å². The van der Waals surface area contributed by atoms with Gasteiger partial charge in [0.05, 0.1) is 11.1 Å². The minimum absolute atomic E-state index is 0.139. The number of imide groups is 1. The van der Waals surface area contributed by atoms with Gasteiger partial charge in [-0.3, -0.25) is 19.2 Å². The monoisotopic (exact) mass is 295 g/mol. The highest BCUT2D eigenvalue weighted by Gasteiger charge is 2.34. The molecule has 7 heteroatoms. The van der Waals surface area contributed by atoms with E-state index < -0.39 is 0 Å². The molecule has 2 amide bonds. The number of fused-ring (bicyclic) bond motifs is 1. The zero-order valence-electron chi connectivity index (χ0n) is 11.8. The number of hydrogen-bond donors (Lipinski definition) is 0. The third-order valence-electron chi connectivity index (χ3n) is 3.53. The van der Waals surface area contributed by atoms with Gasteiger partial charge in [-0.25, -0.2) is 4.98 Å². The van der Waals surface area contributed by atoms with Crippen LogP contribution in [0.3, 0.4) is 0 Å². The lowest BCUT2D eigenvalue weighted by atomic mass is 10.1. The van der Waals surface area contributed by atoms with Crippen LogP contribution >= 0.6 is 0 Å². The molecule has 0 unspecified atom stereocenters. The molecule has 1 aliphatic rings. The van der Waals surface area contributed by atoms with Gasteiger partial charge in [-0.05, 0) is 25.0 Å². The molecule has 7 nitrogen and oxygen atoms in total. The summed E-state index contributed by atoms with van der Waals surface area (Å²) in [6.45, 7) is 0.976. The first-order valence-corrected chi connectivity index (χ1v) is 6.95. The van der Waals surface area contributed by atoms with Crippen molar-refractivity contribution in [1.29, 1.82) is 5.26 Å². The van der Waals surface area contributed by atoms with Crippen LogP contribution in [0.15, 0.2) is 30.6 Å². The molecule has 0 radical (unpaired) electrons. The fourth-order valence-electron chi connectivity index (χ4n) is 2.44. The van der Waals surface area contributed by atoms with Crippen molar-refractivity contribution in [2.75, 3.05) is 6.54 Å². The fourth-order valence-corrected chi connectivity index (χ4v) is 2.44. The molecule has 110 valence electrons. The molecule has 0 bridgehead atoms. The summed E-state index contributed by atoms with van der Waals surface area (Å²) in [7, 11) is 0. The predicted octanol–water partition coefficient (Wildman–Crippen LogP) is 1.23. The highest BCUT2D eigenvalue weighted by molar-refractivity contribution is 6.21. The third kappa shape index (κ3) is 2.46. The van der Waals surface area contributed by atoms with Gasteiger partial charge in [0.25, 0.3) is 17.6 Å². The lowest BCUT2D eigenvalue weighted by Gasteiger charge is -2.13. The van der Waals surface area contributed by atoms with Crippen LogP contribution in [0.5, 0.6) is 0 Å². The maximum atomic E-state index is 12.2. The molecule has 22 heavy (non-hydrogen) atoms.